The summed E-state index contributed by atoms with van der Waals surface area (Å²) in [5.74, 6) is 0.619. The molecule has 1 saturated heterocycles. The standard InChI is InChI=1S/C18H36O2/c1-2-3-4-5-6-7-8-9-10-11-12-18(19)15-17-13-14-20-16-17/h17-19H,2-16H2,1H3. The van der Waals surface area contributed by atoms with Gasteiger partial charge >= 0.3 is 0 Å². The number of rotatable bonds is 13. The molecule has 2 heteroatoms. The van der Waals surface area contributed by atoms with Crippen molar-refractivity contribution in [1.82, 2.24) is 0 Å². The molecular formula is C18H36O2. The van der Waals surface area contributed by atoms with Gasteiger partial charge < -0.3 is 9.84 Å². The highest BCUT2D eigenvalue weighted by molar-refractivity contribution is 4.69. The Labute approximate surface area is 126 Å². The average Bonchev–Trinajstić information content (AvgIpc) is 2.93. The first kappa shape index (κ1) is 18.0. The van der Waals surface area contributed by atoms with E-state index in [-0.39, 0.29) is 6.10 Å². The molecule has 0 aromatic heterocycles. The summed E-state index contributed by atoms with van der Waals surface area (Å²) in [7, 11) is 0. The van der Waals surface area contributed by atoms with Crippen LogP contribution in [0.4, 0.5) is 0 Å². The second-order valence-electron chi connectivity index (χ2n) is 6.59. The van der Waals surface area contributed by atoms with Gasteiger partial charge in [-0.25, -0.2) is 0 Å². The lowest BCUT2D eigenvalue weighted by Gasteiger charge is -2.14. The predicted molar refractivity (Wildman–Crippen MR) is 86.0 cm³/mol. The normalized spacial score (nSPS) is 20.4. The van der Waals surface area contributed by atoms with Gasteiger partial charge in [-0.2, -0.15) is 0 Å². The van der Waals surface area contributed by atoms with Gasteiger partial charge in [-0.1, -0.05) is 71.1 Å². The van der Waals surface area contributed by atoms with Crippen LogP contribution < -0.4 is 0 Å². The Morgan fingerprint density at radius 2 is 1.55 bits per heavy atom. The maximum Gasteiger partial charge on any atom is 0.0543 e. The largest absolute Gasteiger partial charge is 0.393 e. The van der Waals surface area contributed by atoms with E-state index in [1.54, 1.807) is 0 Å². The van der Waals surface area contributed by atoms with Crippen LogP contribution in [0, 0.1) is 5.92 Å². The van der Waals surface area contributed by atoms with E-state index in [1.807, 2.05) is 0 Å². The SMILES string of the molecule is CCCCCCCCCCCCC(O)CC1CCOC1. The van der Waals surface area contributed by atoms with E-state index in [1.165, 1.54) is 64.2 Å². The van der Waals surface area contributed by atoms with Crippen LogP contribution in [0.1, 0.15) is 90.4 Å². The van der Waals surface area contributed by atoms with Crippen LogP contribution in [0.5, 0.6) is 0 Å². The third-order valence-corrected chi connectivity index (χ3v) is 4.52. The van der Waals surface area contributed by atoms with Crippen LogP contribution in [-0.4, -0.2) is 24.4 Å². The molecule has 2 atom stereocenters. The van der Waals surface area contributed by atoms with Crippen molar-refractivity contribution in [3.63, 3.8) is 0 Å². The summed E-state index contributed by atoms with van der Waals surface area (Å²) in [6.45, 7) is 4.04. The smallest absolute Gasteiger partial charge is 0.0543 e. The Morgan fingerprint density at radius 1 is 0.950 bits per heavy atom. The molecule has 0 aliphatic carbocycles. The molecule has 0 saturated carbocycles. The van der Waals surface area contributed by atoms with E-state index in [0.717, 1.165) is 32.5 Å². The molecular weight excluding hydrogens is 248 g/mol. The fraction of sp³-hybridized carbons (Fsp3) is 1.00. The fourth-order valence-corrected chi connectivity index (χ4v) is 3.14. The third kappa shape index (κ3) is 9.77. The minimum absolute atomic E-state index is 0.0873. The van der Waals surface area contributed by atoms with Crippen molar-refractivity contribution < 1.29 is 9.84 Å². The molecule has 1 aliphatic heterocycles. The fourth-order valence-electron chi connectivity index (χ4n) is 3.14. The first-order chi connectivity index (χ1) is 9.83. The zero-order valence-corrected chi connectivity index (χ0v) is 13.6. The number of hydrogen-bond acceptors (Lipinski definition) is 2. The molecule has 20 heavy (non-hydrogen) atoms. The summed E-state index contributed by atoms with van der Waals surface area (Å²) in [6, 6.07) is 0. The van der Waals surface area contributed by atoms with Crippen molar-refractivity contribution in [2.24, 2.45) is 5.92 Å². The highest BCUT2D eigenvalue weighted by Gasteiger charge is 2.18. The molecule has 120 valence electrons. The van der Waals surface area contributed by atoms with Crippen molar-refractivity contribution in [2.45, 2.75) is 96.5 Å². The van der Waals surface area contributed by atoms with E-state index >= 15 is 0 Å². The second kappa shape index (κ2) is 12.6. The summed E-state index contributed by atoms with van der Waals surface area (Å²) >= 11 is 0. The minimum Gasteiger partial charge on any atom is -0.393 e. The van der Waals surface area contributed by atoms with Crippen molar-refractivity contribution >= 4 is 0 Å². The van der Waals surface area contributed by atoms with Gasteiger partial charge in [-0.3, -0.25) is 0 Å². The second-order valence-corrected chi connectivity index (χ2v) is 6.59. The van der Waals surface area contributed by atoms with Crippen LogP contribution >= 0.6 is 0 Å². The van der Waals surface area contributed by atoms with Crippen LogP contribution in [0.25, 0.3) is 0 Å². The van der Waals surface area contributed by atoms with Gasteiger partial charge in [0.05, 0.1) is 6.10 Å². The topological polar surface area (TPSA) is 29.5 Å². The average molecular weight is 284 g/mol. The Hall–Kier alpha value is -0.0800. The quantitative estimate of drug-likeness (QED) is 0.478. The minimum atomic E-state index is -0.0873. The molecule has 0 spiro atoms. The molecule has 0 amide bonds. The predicted octanol–water partition coefficient (Wildman–Crippen LogP) is 5.08. The number of ether oxygens (including phenoxy) is 1. The van der Waals surface area contributed by atoms with E-state index in [9.17, 15) is 5.11 Å². The molecule has 1 fully saturated rings. The Bertz CT molecular complexity index is 200. The van der Waals surface area contributed by atoms with E-state index in [4.69, 9.17) is 4.74 Å². The van der Waals surface area contributed by atoms with Crippen molar-refractivity contribution in [3.8, 4) is 0 Å². The van der Waals surface area contributed by atoms with Crippen LogP contribution in [0.3, 0.4) is 0 Å². The summed E-state index contributed by atoms with van der Waals surface area (Å²) in [5.41, 5.74) is 0. The van der Waals surface area contributed by atoms with Crippen LogP contribution in [0.2, 0.25) is 0 Å². The Kier molecular flexibility index (Phi) is 11.4. The summed E-state index contributed by atoms with van der Waals surface area (Å²) < 4.78 is 5.35. The van der Waals surface area contributed by atoms with Gasteiger partial charge in [0.15, 0.2) is 0 Å². The first-order valence-electron chi connectivity index (χ1n) is 9.08. The van der Waals surface area contributed by atoms with Gasteiger partial charge in [0.2, 0.25) is 0 Å². The van der Waals surface area contributed by atoms with Gasteiger partial charge in [-0.15, -0.1) is 0 Å². The van der Waals surface area contributed by atoms with Gasteiger partial charge in [0, 0.05) is 13.2 Å². The van der Waals surface area contributed by atoms with Crippen LogP contribution in [-0.2, 0) is 4.74 Å². The zero-order chi connectivity index (χ0) is 14.5. The zero-order valence-electron chi connectivity index (χ0n) is 13.6. The number of aliphatic hydroxyl groups is 1. The van der Waals surface area contributed by atoms with Gasteiger partial charge in [0.25, 0.3) is 0 Å². The van der Waals surface area contributed by atoms with E-state index < -0.39 is 0 Å². The summed E-state index contributed by atoms with van der Waals surface area (Å²) in [4.78, 5) is 0. The Morgan fingerprint density at radius 3 is 2.10 bits per heavy atom. The molecule has 1 aliphatic rings. The molecule has 1 N–H and O–H groups in total. The highest BCUT2D eigenvalue weighted by Crippen LogP contribution is 2.20. The molecule has 0 aromatic carbocycles. The molecule has 2 nitrogen and oxygen atoms in total. The van der Waals surface area contributed by atoms with E-state index in [2.05, 4.69) is 6.92 Å². The first-order valence-corrected chi connectivity index (χ1v) is 9.08. The maximum absolute atomic E-state index is 9.98. The van der Waals surface area contributed by atoms with Gasteiger partial charge in [-0.05, 0) is 25.2 Å². The lowest BCUT2D eigenvalue weighted by atomic mass is 9.97. The number of hydrogen-bond donors (Lipinski definition) is 1. The summed E-state index contributed by atoms with van der Waals surface area (Å²) in [5, 5.41) is 9.98. The van der Waals surface area contributed by atoms with Crippen molar-refractivity contribution in [2.75, 3.05) is 13.2 Å². The van der Waals surface area contributed by atoms with E-state index in [0.29, 0.717) is 5.92 Å². The van der Waals surface area contributed by atoms with Crippen molar-refractivity contribution in [3.05, 3.63) is 0 Å². The number of aliphatic hydroxyl groups excluding tert-OH is 1. The molecule has 1 rings (SSSR count). The number of unbranched alkanes of at least 4 members (excludes halogenated alkanes) is 9. The monoisotopic (exact) mass is 284 g/mol. The lowest BCUT2D eigenvalue weighted by Crippen LogP contribution is -2.13. The van der Waals surface area contributed by atoms with Crippen molar-refractivity contribution in [1.29, 1.82) is 0 Å². The highest BCUT2D eigenvalue weighted by atomic mass is 16.5. The van der Waals surface area contributed by atoms with Gasteiger partial charge in [0.1, 0.15) is 0 Å². The Balaban J connectivity index is 1.77. The molecule has 2 unspecified atom stereocenters. The van der Waals surface area contributed by atoms with Crippen LogP contribution in [0.15, 0.2) is 0 Å². The molecule has 0 bridgehead atoms. The molecule has 1 heterocycles. The maximum atomic E-state index is 9.98. The summed E-state index contributed by atoms with van der Waals surface area (Å²) in [6.07, 6.45) is 16.7. The molecule has 0 aromatic rings. The molecule has 0 radical (unpaired) electrons. The third-order valence-electron chi connectivity index (χ3n) is 4.52. The lowest BCUT2D eigenvalue weighted by molar-refractivity contribution is 0.119.